The molecule has 8 heteroatoms. The van der Waals surface area contributed by atoms with E-state index in [1.54, 1.807) is 23.6 Å². The van der Waals surface area contributed by atoms with Crippen molar-refractivity contribution >= 4 is 27.1 Å². The van der Waals surface area contributed by atoms with E-state index in [0.717, 1.165) is 15.0 Å². The highest BCUT2D eigenvalue weighted by Gasteiger charge is 2.55. The minimum atomic E-state index is -1.66. The second-order valence-electron chi connectivity index (χ2n) is 6.65. The van der Waals surface area contributed by atoms with Gasteiger partial charge in [-0.3, -0.25) is 0 Å². The molecule has 2 aromatic rings. The summed E-state index contributed by atoms with van der Waals surface area (Å²) in [6, 6.07) is 10.0. The Bertz CT molecular complexity index is 844. The molecular formula is C18H20N2O5S. The minimum absolute atomic E-state index is 0.433. The first-order chi connectivity index (χ1) is 12.4. The maximum absolute atomic E-state index is 10.6. The molecule has 2 aliphatic heterocycles. The molecule has 7 nitrogen and oxygen atoms in total. The van der Waals surface area contributed by atoms with Gasteiger partial charge in [0.2, 0.25) is 6.35 Å². The van der Waals surface area contributed by atoms with Gasteiger partial charge in [0.05, 0.1) is 17.2 Å². The number of nitrogens with zero attached hydrogens (tertiary/aromatic N) is 2. The van der Waals surface area contributed by atoms with E-state index in [-0.39, 0.29) is 0 Å². The molecule has 0 radical (unpaired) electrons. The Morgan fingerprint density at radius 3 is 2.73 bits per heavy atom. The van der Waals surface area contributed by atoms with Gasteiger partial charge in [-0.05, 0) is 30.5 Å². The van der Waals surface area contributed by atoms with Gasteiger partial charge in [0.1, 0.15) is 17.8 Å². The van der Waals surface area contributed by atoms with E-state index < -0.39 is 37.0 Å². The molecule has 0 aliphatic carbocycles. The normalized spacial score (nSPS) is 34.5. The summed E-state index contributed by atoms with van der Waals surface area (Å²) in [5, 5.41) is 41.5. The fourth-order valence-electron chi connectivity index (χ4n) is 3.34. The second kappa shape index (κ2) is 6.41. The number of aliphatic imine (C=N–C) groups is 1. The summed E-state index contributed by atoms with van der Waals surface area (Å²) >= 11 is 1.58. The van der Waals surface area contributed by atoms with Crippen LogP contribution in [0.5, 0.6) is 0 Å². The summed E-state index contributed by atoms with van der Waals surface area (Å²) in [6.07, 6.45) is -1.19. The first-order valence-electron chi connectivity index (χ1n) is 8.29. The lowest BCUT2D eigenvalue weighted by molar-refractivity contribution is -0.160. The Morgan fingerprint density at radius 2 is 2.08 bits per heavy atom. The monoisotopic (exact) mass is 376 g/mol. The first kappa shape index (κ1) is 17.6. The third-order valence-corrected chi connectivity index (χ3v) is 5.95. The summed E-state index contributed by atoms with van der Waals surface area (Å²) < 4.78 is 6.67. The molecule has 138 valence electrons. The van der Waals surface area contributed by atoms with Gasteiger partial charge >= 0.3 is 0 Å². The third-order valence-electron chi connectivity index (χ3n) is 4.81. The number of aliphatic hydroxyl groups excluding tert-OH is 3. The molecule has 3 heterocycles. The lowest BCUT2D eigenvalue weighted by atomic mass is 9.96. The largest absolute Gasteiger partial charge is 0.394 e. The maximum atomic E-state index is 10.6. The van der Waals surface area contributed by atoms with Crippen molar-refractivity contribution in [3.8, 4) is 0 Å². The van der Waals surface area contributed by atoms with E-state index in [9.17, 15) is 20.4 Å². The van der Waals surface area contributed by atoms with Crippen molar-refractivity contribution in [1.82, 2.24) is 4.90 Å². The van der Waals surface area contributed by atoms with Crippen LogP contribution in [0.4, 0.5) is 0 Å². The number of hydrogen-bond acceptors (Lipinski definition) is 8. The van der Waals surface area contributed by atoms with Crippen molar-refractivity contribution < 1.29 is 25.2 Å². The van der Waals surface area contributed by atoms with Crippen molar-refractivity contribution in [3.63, 3.8) is 0 Å². The molecule has 5 atom stereocenters. The van der Waals surface area contributed by atoms with Gasteiger partial charge in [-0.2, -0.15) is 0 Å². The summed E-state index contributed by atoms with van der Waals surface area (Å²) in [4.78, 5) is 6.56. The molecule has 4 unspecified atom stereocenters. The van der Waals surface area contributed by atoms with Gasteiger partial charge in [-0.1, -0.05) is 18.2 Å². The Kier molecular flexibility index (Phi) is 4.34. The van der Waals surface area contributed by atoms with E-state index in [2.05, 4.69) is 4.99 Å². The molecule has 1 aromatic carbocycles. The van der Waals surface area contributed by atoms with Crippen LogP contribution in [-0.2, 0) is 4.74 Å². The Balaban J connectivity index is 1.59. The molecule has 26 heavy (non-hydrogen) atoms. The smallest absolute Gasteiger partial charge is 0.227 e. The fraction of sp³-hybridized carbons (Fsp3) is 0.389. The average Bonchev–Trinajstić information content (AvgIpc) is 3.15. The molecule has 2 aliphatic rings. The Hall–Kier alpha value is -1.81. The number of aliphatic hydroxyl groups is 4. The zero-order chi connectivity index (χ0) is 18.5. The molecular weight excluding hydrogens is 356 g/mol. The van der Waals surface area contributed by atoms with Crippen molar-refractivity contribution in [2.24, 2.45) is 4.99 Å². The van der Waals surface area contributed by atoms with Crippen LogP contribution in [0.3, 0.4) is 0 Å². The van der Waals surface area contributed by atoms with Crippen LogP contribution in [0.1, 0.15) is 11.8 Å². The van der Waals surface area contributed by atoms with Crippen LogP contribution in [0.2, 0.25) is 0 Å². The number of hydrogen-bond donors (Lipinski definition) is 4. The van der Waals surface area contributed by atoms with Crippen molar-refractivity contribution in [2.45, 2.75) is 37.3 Å². The van der Waals surface area contributed by atoms with Crippen molar-refractivity contribution in [3.05, 3.63) is 47.5 Å². The minimum Gasteiger partial charge on any atom is -0.394 e. The van der Waals surface area contributed by atoms with Gasteiger partial charge in [-0.15, -0.1) is 11.3 Å². The van der Waals surface area contributed by atoms with Gasteiger partial charge in [0.15, 0.2) is 6.23 Å². The van der Waals surface area contributed by atoms with E-state index in [1.165, 1.54) is 11.8 Å². The summed E-state index contributed by atoms with van der Waals surface area (Å²) in [7, 11) is 0. The Morgan fingerprint density at radius 1 is 1.31 bits per heavy atom. The SMILES string of the molecule is C[C@@]1(O)C(O)C(CO)OC1N1C=CC(c2cc3ccccc3s2)=NC1O. The van der Waals surface area contributed by atoms with Crippen LogP contribution >= 0.6 is 11.3 Å². The highest BCUT2D eigenvalue weighted by atomic mass is 32.1. The molecule has 1 fully saturated rings. The molecule has 4 N–H and O–H groups in total. The maximum Gasteiger partial charge on any atom is 0.227 e. The van der Waals surface area contributed by atoms with Crippen LogP contribution in [-0.4, -0.2) is 68.0 Å². The first-order valence-corrected chi connectivity index (χ1v) is 9.10. The molecule has 1 aromatic heterocycles. The molecule has 0 saturated carbocycles. The van der Waals surface area contributed by atoms with E-state index >= 15 is 0 Å². The van der Waals surface area contributed by atoms with Crippen LogP contribution in [0.25, 0.3) is 10.1 Å². The lowest BCUT2D eigenvalue weighted by Crippen LogP contribution is -2.54. The van der Waals surface area contributed by atoms with Crippen molar-refractivity contribution in [2.75, 3.05) is 6.61 Å². The third kappa shape index (κ3) is 2.75. The predicted molar refractivity (Wildman–Crippen MR) is 97.7 cm³/mol. The molecule has 0 spiro atoms. The number of allylic oxidation sites excluding steroid dienone is 1. The predicted octanol–water partition coefficient (Wildman–Crippen LogP) is 0.625. The number of thiophene rings is 1. The van der Waals surface area contributed by atoms with Crippen LogP contribution in [0, 0.1) is 0 Å². The van der Waals surface area contributed by atoms with Crippen LogP contribution in [0.15, 0.2) is 47.6 Å². The van der Waals surface area contributed by atoms with Gasteiger partial charge in [0, 0.05) is 10.9 Å². The summed E-state index contributed by atoms with van der Waals surface area (Å²) in [5.74, 6) is 0. The van der Waals surface area contributed by atoms with E-state index in [1.807, 2.05) is 30.3 Å². The number of fused-ring (bicyclic) bond motifs is 1. The fourth-order valence-corrected chi connectivity index (χ4v) is 4.38. The quantitative estimate of drug-likeness (QED) is 0.626. The molecule has 4 rings (SSSR count). The number of rotatable bonds is 3. The number of ether oxygens (including phenoxy) is 1. The van der Waals surface area contributed by atoms with Gasteiger partial charge < -0.3 is 30.1 Å². The molecule has 0 bridgehead atoms. The summed E-state index contributed by atoms with van der Waals surface area (Å²) in [6.45, 7) is 0.974. The Labute approximate surface area is 154 Å². The van der Waals surface area contributed by atoms with Gasteiger partial charge in [-0.25, -0.2) is 4.99 Å². The molecule has 1 saturated heterocycles. The highest BCUT2D eigenvalue weighted by molar-refractivity contribution is 7.21. The van der Waals surface area contributed by atoms with Crippen molar-refractivity contribution in [1.29, 1.82) is 0 Å². The standard InChI is InChI=1S/C18H20N2O5S/c1-18(24)15(22)12(9-21)25-16(18)20-7-6-11(19-17(20)23)14-8-10-4-2-3-5-13(10)26-14/h2-8,12,15-17,21-24H,9H2,1H3/t12?,15?,16?,17?,18-/m1/s1. The number of benzene rings is 1. The van der Waals surface area contributed by atoms with E-state index in [4.69, 9.17) is 4.74 Å². The van der Waals surface area contributed by atoms with Gasteiger partial charge in [0.25, 0.3) is 0 Å². The zero-order valence-corrected chi connectivity index (χ0v) is 14.9. The van der Waals surface area contributed by atoms with Crippen LogP contribution < -0.4 is 0 Å². The zero-order valence-electron chi connectivity index (χ0n) is 14.1. The van der Waals surface area contributed by atoms with E-state index in [0.29, 0.717) is 5.71 Å². The lowest BCUT2D eigenvalue weighted by Gasteiger charge is -2.37. The topological polar surface area (TPSA) is 106 Å². The average molecular weight is 376 g/mol. The molecule has 0 amide bonds. The highest BCUT2D eigenvalue weighted by Crippen LogP contribution is 2.35. The summed E-state index contributed by atoms with van der Waals surface area (Å²) in [5.41, 5.74) is -1.03. The second-order valence-corrected chi connectivity index (χ2v) is 7.74.